The average molecular weight is 404 g/mol. The van der Waals surface area contributed by atoms with E-state index in [4.69, 9.17) is 21.0 Å². The molecule has 0 atom stereocenters. The summed E-state index contributed by atoms with van der Waals surface area (Å²) >= 11 is 7.90. The lowest BCUT2D eigenvalue weighted by atomic mass is 10.2. The van der Waals surface area contributed by atoms with E-state index in [0.717, 1.165) is 65.1 Å². The maximum absolute atomic E-state index is 6.27. The molecule has 0 unspecified atom stereocenters. The fourth-order valence-electron chi connectivity index (χ4n) is 3.01. The van der Waals surface area contributed by atoms with Gasteiger partial charge in [0.15, 0.2) is 10.6 Å². The molecule has 3 aromatic rings. The number of rotatable bonds is 8. The van der Waals surface area contributed by atoms with E-state index in [0.29, 0.717) is 0 Å². The zero-order chi connectivity index (χ0) is 19.2. The van der Waals surface area contributed by atoms with E-state index >= 15 is 0 Å². The third kappa shape index (κ3) is 4.92. The van der Waals surface area contributed by atoms with Crippen LogP contribution in [0.25, 0.3) is 11.5 Å². The molecule has 0 saturated carbocycles. The number of nitrogens with zero attached hydrogens (tertiary/aromatic N) is 3. The number of halogens is 1. The highest BCUT2D eigenvalue weighted by Crippen LogP contribution is 2.24. The van der Waals surface area contributed by atoms with Gasteiger partial charge in [0.2, 0.25) is 0 Å². The van der Waals surface area contributed by atoms with Crippen molar-refractivity contribution < 1.29 is 4.42 Å². The highest BCUT2D eigenvalue weighted by Gasteiger charge is 2.11. The molecule has 2 aromatic heterocycles. The number of aryl methyl sites for hydroxylation is 1. The third-order valence-corrected chi connectivity index (χ3v) is 5.97. The van der Waals surface area contributed by atoms with Crippen LogP contribution in [0.5, 0.6) is 0 Å². The van der Waals surface area contributed by atoms with Crippen molar-refractivity contribution in [1.29, 1.82) is 0 Å². The Morgan fingerprint density at radius 3 is 2.70 bits per heavy atom. The molecule has 0 N–H and O–H groups in total. The van der Waals surface area contributed by atoms with Crippen LogP contribution in [0.2, 0.25) is 5.02 Å². The van der Waals surface area contributed by atoms with Gasteiger partial charge >= 0.3 is 0 Å². The minimum atomic E-state index is 0.743. The van der Waals surface area contributed by atoms with Crippen molar-refractivity contribution >= 4 is 28.6 Å². The Hall–Kier alpha value is -1.82. The minimum Gasteiger partial charge on any atom is -0.463 e. The Labute approximate surface area is 169 Å². The summed E-state index contributed by atoms with van der Waals surface area (Å²) in [5, 5.41) is 2.86. The Kier molecular flexibility index (Phi) is 6.94. The second-order valence-electron chi connectivity index (χ2n) is 6.46. The topological polar surface area (TPSA) is 33.7 Å². The van der Waals surface area contributed by atoms with Gasteiger partial charge in [0.1, 0.15) is 0 Å². The summed E-state index contributed by atoms with van der Waals surface area (Å²) in [6, 6.07) is 9.85. The highest BCUT2D eigenvalue weighted by molar-refractivity contribution is 7.07. The monoisotopic (exact) mass is 403 g/mol. The zero-order valence-electron chi connectivity index (χ0n) is 16.1. The molecule has 0 bridgehead atoms. The van der Waals surface area contributed by atoms with Crippen LogP contribution in [0, 0.1) is 6.92 Å². The van der Waals surface area contributed by atoms with Crippen LogP contribution >= 0.6 is 22.9 Å². The van der Waals surface area contributed by atoms with Crippen LogP contribution in [-0.4, -0.2) is 29.1 Å². The summed E-state index contributed by atoms with van der Waals surface area (Å²) < 4.78 is 7.89. The fraction of sp³-hybridized carbons (Fsp3) is 0.381. The molecule has 0 fully saturated rings. The van der Waals surface area contributed by atoms with Crippen molar-refractivity contribution in [3.63, 3.8) is 0 Å². The molecule has 0 radical (unpaired) electrons. The van der Waals surface area contributed by atoms with Crippen molar-refractivity contribution in [2.75, 3.05) is 19.6 Å². The maximum Gasteiger partial charge on any atom is 0.190 e. The molecule has 0 aliphatic heterocycles. The van der Waals surface area contributed by atoms with E-state index in [1.807, 2.05) is 37.3 Å². The van der Waals surface area contributed by atoms with Crippen molar-refractivity contribution in [2.45, 2.75) is 33.7 Å². The quantitative estimate of drug-likeness (QED) is 0.480. The van der Waals surface area contributed by atoms with Crippen molar-refractivity contribution in [3.05, 3.63) is 57.4 Å². The number of furan rings is 1. The average Bonchev–Trinajstić information content (AvgIpc) is 3.32. The summed E-state index contributed by atoms with van der Waals surface area (Å²) in [5.41, 5.74) is 3.00. The summed E-state index contributed by atoms with van der Waals surface area (Å²) in [5.74, 6) is 0.873. The van der Waals surface area contributed by atoms with Gasteiger partial charge < -0.3 is 13.9 Å². The van der Waals surface area contributed by atoms with Gasteiger partial charge in [-0.1, -0.05) is 31.5 Å². The molecular weight excluding hydrogens is 378 g/mol. The van der Waals surface area contributed by atoms with Gasteiger partial charge in [-0.15, -0.1) is 11.3 Å². The molecule has 3 rings (SSSR count). The lowest BCUT2D eigenvalue weighted by Gasteiger charge is -2.18. The molecule has 6 heteroatoms. The van der Waals surface area contributed by atoms with Crippen LogP contribution in [0.1, 0.15) is 25.8 Å². The number of thiazole rings is 1. The summed E-state index contributed by atoms with van der Waals surface area (Å²) in [6.07, 6.45) is 2.78. The first-order chi connectivity index (χ1) is 13.1. The molecule has 0 spiro atoms. The first-order valence-electron chi connectivity index (χ1n) is 9.37. The Balaban J connectivity index is 1.93. The Morgan fingerprint density at radius 1 is 1.22 bits per heavy atom. The second-order valence-corrected chi connectivity index (χ2v) is 7.70. The molecule has 0 aliphatic carbocycles. The SMILES string of the molecule is CCN(CC)CCCn1c(-c2ccco2)csc1=Nc1ccc(C)c(Cl)c1. The predicted molar refractivity (Wildman–Crippen MR) is 114 cm³/mol. The molecule has 0 saturated heterocycles. The van der Waals surface area contributed by atoms with E-state index in [2.05, 4.69) is 28.7 Å². The number of aromatic nitrogens is 1. The predicted octanol–water partition coefficient (Wildman–Crippen LogP) is 5.74. The lowest BCUT2D eigenvalue weighted by Crippen LogP contribution is -2.26. The van der Waals surface area contributed by atoms with Gasteiger partial charge in [0, 0.05) is 16.9 Å². The Bertz CT molecular complexity index is 923. The van der Waals surface area contributed by atoms with Crippen LogP contribution in [-0.2, 0) is 6.54 Å². The lowest BCUT2D eigenvalue weighted by molar-refractivity contribution is 0.293. The molecule has 1 aromatic carbocycles. The van der Waals surface area contributed by atoms with E-state index in [1.54, 1.807) is 17.6 Å². The fourth-order valence-corrected chi connectivity index (χ4v) is 4.12. The largest absolute Gasteiger partial charge is 0.463 e. The first kappa shape index (κ1) is 19.9. The summed E-state index contributed by atoms with van der Waals surface area (Å²) in [7, 11) is 0. The van der Waals surface area contributed by atoms with E-state index in [1.165, 1.54) is 0 Å². The third-order valence-electron chi connectivity index (χ3n) is 4.70. The van der Waals surface area contributed by atoms with E-state index in [-0.39, 0.29) is 0 Å². The van der Waals surface area contributed by atoms with E-state index in [9.17, 15) is 0 Å². The van der Waals surface area contributed by atoms with Crippen LogP contribution in [0.4, 0.5) is 5.69 Å². The minimum absolute atomic E-state index is 0.743. The standard InChI is InChI=1S/C21H26ClN3OS/c1-4-24(5-2)11-7-12-25-19(20-8-6-13-26-20)15-27-21(25)23-17-10-9-16(3)18(22)14-17/h6,8-10,13-15H,4-5,7,11-12H2,1-3H3. The number of hydrogen-bond donors (Lipinski definition) is 0. The smallest absolute Gasteiger partial charge is 0.190 e. The Morgan fingerprint density at radius 2 is 2.04 bits per heavy atom. The van der Waals surface area contributed by atoms with Gasteiger partial charge in [-0.25, -0.2) is 4.99 Å². The molecule has 0 aliphatic rings. The van der Waals surface area contributed by atoms with Crippen molar-refractivity contribution in [1.82, 2.24) is 9.47 Å². The maximum atomic E-state index is 6.27. The van der Waals surface area contributed by atoms with Crippen molar-refractivity contribution in [2.24, 2.45) is 4.99 Å². The summed E-state index contributed by atoms with van der Waals surface area (Å²) in [6.45, 7) is 10.5. The molecule has 144 valence electrons. The molecule has 4 nitrogen and oxygen atoms in total. The molecular formula is C21H26ClN3OS. The van der Waals surface area contributed by atoms with Crippen LogP contribution < -0.4 is 4.80 Å². The molecule has 2 heterocycles. The zero-order valence-corrected chi connectivity index (χ0v) is 17.7. The normalized spacial score (nSPS) is 12.3. The van der Waals surface area contributed by atoms with Crippen LogP contribution in [0.15, 0.2) is 51.4 Å². The van der Waals surface area contributed by atoms with Gasteiger partial charge in [-0.3, -0.25) is 0 Å². The first-order valence-corrected chi connectivity index (χ1v) is 10.6. The van der Waals surface area contributed by atoms with Crippen molar-refractivity contribution in [3.8, 4) is 11.5 Å². The van der Waals surface area contributed by atoms with Crippen LogP contribution in [0.3, 0.4) is 0 Å². The van der Waals surface area contributed by atoms with E-state index < -0.39 is 0 Å². The number of benzene rings is 1. The number of hydrogen-bond acceptors (Lipinski definition) is 4. The van der Waals surface area contributed by atoms with Gasteiger partial charge in [-0.2, -0.15) is 0 Å². The molecule has 27 heavy (non-hydrogen) atoms. The summed E-state index contributed by atoms with van der Waals surface area (Å²) in [4.78, 5) is 8.25. The van der Waals surface area contributed by atoms with Gasteiger partial charge in [-0.05, 0) is 62.8 Å². The molecule has 0 amide bonds. The second kappa shape index (κ2) is 9.40. The van der Waals surface area contributed by atoms with Gasteiger partial charge in [0.05, 0.1) is 17.6 Å². The van der Waals surface area contributed by atoms with Gasteiger partial charge in [0.25, 0.3) is 0 Å². The highest BCUT2D eigenvalue weighted by atomic mass is 35.5.